The molecule has 0 radical (unpaired) electrons. The third-order valence-corrected chi connectivity index (χ3v) is 7.10. The zero-order chi connectivity index (χ0) is 24.6. The highest BCUT2D eigenvalue weighted by atomic mass is 16.5. The topological polar surface area (TPSA) is 58.8 Å². The molecule has 1 amide bonds. The van der Waals surface area contributed by atoms with Gasteiger partial charge in [-0.25, -0.2) is 0 Å². The quantitative estimate of drug-likeness (QED) is 0.344. The molecular formula is C30H27N3O3. The number of carbonyl (C=O) groups is 1. The van der Waals surface area contributed by atoms with Crippen molar-refractivity contribution in [3.8, 4) is 11.1 Å². The van der Waals surface area contributed by atoms with E-state index >= 15 is 0 Å². The van der Waals surface area contributed by atoms with Crippen LogP contribution in [-0.4, -0.2) is 22.5 Å². The van der Waals surface area contributed by atoms with Crippen molar-refractivity contribution < 1.29 is 14.1 Å². The van der Waals surface area contributed by atoms with Gasteiger partial charge in [0, 0.05) is 36.0 Å². The third kappa shape index (κ3) is 3.85. The molecule has 0 fully saturated rings. The van der Waals surface area contributed by atoms with E-state index in [1.807, 2.05) is 72.3 Å². The van der Waals surface area contributed by atoms with Crippen molar-refractivity contribution in [2.75, 3.05) is 11.4 Å². The normalized spacial score (nSPS) is 16.8. The predicted octanol–water partition coefficient (Wildman–Crippen LogP) is 6.16. The van der Waals surface area contributed by atoms with Gasteiger partial charge in [0.2, 0.25) is 12.1 Å². The van der Waals surface area contributed by atoms with Crippen molar-refractivity contribution in [3.63, 3.8) is 0 Å². The van der Waals surface area contributed by atoms with Crippen LogP contribution < -0.4 is 4.90 Å². The van der Waals surface area contributed by atoms with Crippen molar-refractivity contribution in [3.05, 3.63) is 119 Å². The minimum Gasteiger partial charge on any atom is -0.472 e. The number of nitrogens with zero attached hydrogens (tertiary/aromatic N) is 3. The molecule has 2 aliphatic heterocycles. The van der Waals surface area contributed by atoms with E-state index in [0.29, 0.717) is 19.0 Å². The van der Waals surface area contributed by atoms with E-state index in [9.17, 15) is 4.79 Å². The first kappa shape index (κ1) is 22.2. The van der Waals surface area contributed by atoms with Crippen molar-refractivity contribution in [1.82, 2.24) is 10.1 Å². The van der Waals surface area contributed by atoms with Crippen LogP contribution in [0.5, 0.6) is 0 Å². The van der Waals surface area contributed by atoms with Gasteiger partial charge in [0.05, 0.1) is 5.69 Å². The summed E-state index contributed by atoms with van der Waals surface area (Å²) in [6.07, 6.45) is 4.03. The lowest BCUT2D eigenvalue weighted by Crippen LogP contribution is -2.37. The highest BCUT2D eigenvalue weighted by molar-refractivity contribution is 5.96. The molecule has 1 aromatic heterocycles. The summed E-state index contributed by atoms with van der Waals surface area (Å²) in [5, 5.41) is 4.11. The zero-order valence-electron chi connectivity index (χ0n) is 20.3. The van der Waals surface area contributed by atoms with Gasteiger partial charge >= 0.3 is 0 Å². The van der Waals surface area contributed by atoms with Gasteiger partial charge in [-0.1, -0.05) is 65.8 Å². The second-order valence-electron chi connectivity index (χ2n) is 9.30. The summed E-state index contributed by atoms with van der Waals surface area (Å²) >= 11 is 0. The molecule has 4 aromatic rings. The van der Waals surface area contributed by atoms with Gasteiger partial charge in [0.25, 0.3) is 5.91 Å². The number of aromatic nitrogens is 1. The maximum absolute atomic E-state index is 13.4. The second kappa shape index (κ2) is 9.04. The first-order valence-electron chi connectivity index (χ1n) is 12.2. The average Bonchev–Trinajstić information content (AvgIpc) is 3.53. The smallest absolute Gasteiger partial charge is 0.254 e. The Morgan fingerprint density at radius 2 is 1.78 bits per heavy atom. The van der Waals surface area contributed by atoms with Crippen molar-refractivity contribution in [1.29, 1.82) is 0 Å². The predicted molar refractivity (Wildman–Crippen MR) is 138 cm³/mol. The third-order valence-electron chi connectivity index (χ3n) is 7.10. The molecule has 1 unspecified atom stereocenters. The van der Waals surface area contributed by atoms with Crippen molar-refractivity contribution >= 4 is 11.8 Å². The van der Waals surface area contributed by atoms with Gasteiger partial charge in [-0.3, -0.25) is 9.69 Å². The number of hydrogen-bond donors (Lipinski definition) is 0. The summed E-state index contributed by atoms with van der Waals surface area (Å²) in [4.78, 5) is 17.3. The molecule has 6 nitrogen and oxygen atoms in total. The molecule has 36 heavy (non-hydrogen) atoms. The first-order valence-corrected chi connectivity index (χ1v) is 12.2. The van der Waals surface area contributed by atoms with E-state index in [1.54, 1.807) is 6.26 Å². The number of aryl methyl sites for hydroxylation is 1. The summed E-state index contributed by atoms with van der Waals surface area (Å²) in [6, 6.07) is 24.6. The summed E-state index contributed by atoms with van der Waals surface area (Å²) in [7, 11) is 0. The lowest BCUT2D eigenvalue weighted by molar-refractivity contribution is 0.0727. The van der Waals surface area contributed by atoms with Crippen molar-refractivity contribution in [2.24, 2.45) is 0 Å². The van der Waals surface area contributed by atoms with Gasteiger partial charge in [-0.15, -0.1) is 0 Å². The Morgan fingerprint density at radius 1 is 0.972 bits per heavy atom. The lowest BCUT2D eigenvalue weighted by Gasteiger charge is -2.30. The molecular weight excluding hydrogens is 450 g/mol. The molecule has 180 valence electrons. The Hall–Kier alpha value is -4.32. The summed E-state index contributed by atoms with van der Waals surface area (Å²) in [5.74, 6) is 0.747. The fourth-order valence-corrected chi connectivity index (χ4v) is 5.00. The van der Waals surface area contributed by atoms with E-state index in [4.69, 9.17) is 9.26 Å². The Morgan fingerprint density at radius 3 is 2.58 bits per heavy atom. The maximum atomic E-state index is 13.4. The fraction of sp³-hybridized carbons (Fsp3) is 0.200. The van der Waals surface area contributed by atoms with Crippen molar-refractivity contribution in [2.45, 2.75) is 33.0 Å². The number of carbonyl (C=O) groups excluding carboxylic acids is 1. The van der Waals surface area contributed by atoms with Crippen LogP contribution in [0.1, 0.15) is 44.5 Å². The molecule has 3 aromatic carbocycles. The maximum Gasteiger partial charge on any atom is 0.254 e. The van der Waals surface area contributed by atoms with E-state index in [-0.39, 0.29) is 12.1 Å². The minimum atomic E-state index is -0.377. The molecule has 0 aliphatic carbocycles. The van der Waals surface area contributed by atoms with Crippen LogP contribution >= 0.6 is 0 Å². The number of anilines is 1. The van der Waals surface area contributed by atoms with Gasteiger partial charge in [0.1, 0.15) is 6.26 Å². The molecule has 1 atom stereocenters. The number of hydrogen-bond acceptors (Lipinski definition) is 5. The number of amides is 1. The molecule has 0 bridgehead atoms. The second-order valence-corrected chi connectivity index (χ2v) is 9.30. The SMILES string of the molecule is Cc1noc(N2C=COC2c2ccc(-c3ccccc3)c(CN3CCc4ccccc4C3=O)c2)c1C. The van der Waals surface area contributed by atoms with E-state index in [1.165, 1.54) is 0 Å². The molecule has 0 N–H and O–H groups in total. The van der Waals surface area contributed by atoms with Crippen LogP contribution in [0.3, 0.4) is 0 Å². The highest BCUT2D eigenvalue weighted by Crippen LogP contribution is 2.37. The van der Waals surface area contributed by atoms with Gasteiger partial charge in [0.15, 0.2) is 0 Å². The monoisotopic (exact) mass is 477 g/mol. The largest absolute Gasteiger partial charge is 0.472 e. The fourth-order valence-electron chi connectivity index (χ4n) is 5.00. The van der Waals surface area contributed by atoms with Crippen LogP contribution in [0.15, 0.2) is 89.8 Å². The van der Waals surface area contributed by atoms with Gasteiger partial charge in [-0.2, -0.15) is 0 Å². The molecule has 6 heteroatoms. The minimum absolute atomic E-state index is 0.0782. The molecule has 0 spiro atoms. The van der Waals surface area contributed by atoms with E-state index in [2.05, 4.69) is 35.5 Å². The highest BCUT2D eigenvalue weighted by Gasteiger charge is 2.30. The van der Waals surface area contributed by atoms with E-state index < -0.39 is 0 Å². The van der Waals surface area contributed by atoms with Crippen LogP contribution in [0.4, 0.5) is 5.88 Å². The zero-order valence-corrected chi connectivity index (χ0v) is 20.3. The van der Waals surface area contributed by atoms with Crippen LogP contribution in [0, 0.1) is 13.8 Å². The van der Waals surface area contributed by atoms with Crippen LogP contribution in [0.2, 0.25) is 0 Å². The molecule has 0 saturated heterocycles. The summed E-state index contributed by atoms with van der Waals surface area (Å²) < 4.78 is 11.6. The first-order chi connectivity index (χ1) is 17.6. The number of ether oxygens (including phenoxy) is 1. The summed E-state index contributed by atoms with van der Waals surface area (Å²) in [6.45, 7) is 5.14. The molecule has 0 saturated carbocycles. The summed E-state index contributed by atoms with van der Waals surface area (Å²) in [5.41, 5.74) is 8.03. The Kier molecular flexibility index (Phi) is 5.56. The van der Waals surface area contributed by atoms with E-state index in [0.717, 1.165) is 51.1 Å². The van der Waals surface area contributed by atoms with Crippen LogP contribution in [-0.2, 0) is 17.7 Å². The average molecular weight is 478 g/mol. The molecule has 6 rings (SSSR count). The number of fused-ring (bicyclic) bond motifs is 1. The number of benzene rings is 3. The standard InChI is InChI=1S/C30H27N3O3/c1-20-21(2)31-36-29(20)33-16-17-35-30(33)24-12-13-26(22-8-4-3-5-9-22)25(18-24)19-32-15-14-23-10-6-7-11-27(23)28(32)34/h3-13,16-18,30H,14-15,19H2,1-2H3. The number of rotatable bonds is 5. The molecule has 3 heterocycles. The Balaban J connectivity index is 1.37. The van der Waals surface area contributed by atoms with Crippen LogP contribution in [0.25, 0.3) is 11.1 Å². The van der Waals surface area contributed by atoms with Gasteiger partial charge < -0.3 is 14.2 Å². The Bertz CT molecular complexity index is 1460. The van der Waals surface area contributed by atoms with Gasteiger partial charge in [-0.05, 0) is 54.7 Å². The Labute approximate surface area is 210 Å². The molecule has 2 aliphatic rings. The lowest BCUT2D eigenvalue weighted by atomic mass is 9.94.